The summed E-state index contributed by atoms with van der Waals surface area (Å²) >= 11 is 3.67. The minimum Gasteiger partial charge on any atom is -0.234 e. The Labute approximate surface area is 97.6 Å². The van der Waals surface area contributed by atoms with Crippen molar-refractivity contribution in [2.75, 3.05) is 0 Å². The number of halogens is 1. The van der Waals surface area contributed by atoms with Gasteiger partial charge in [0.05, 0.1) is 6.20 Å². The van der Waals surface area contributed by atoms with Crippen LogP contribution >= 0.6 is 15.9 Å². The molecule has 0 aliphatic heterocycles. The van der Waals surface area contributed by atoms with Crippen molar-refractivity contribution in [1.82, 2.24) is 14.6 Å². The molecule has 1 unspecified atom stereocenters. The Hall–Kier alpha value is -0.900. The first-order valence-corrected chi connectivity index (χ1v) is 6.14. The van der Waals surface area contributed by atoms with E-state index in [-0.39, 0.29) is 0 Å². The molecule has 2 aromatic rings. The summed E-state index contributed by atoms with van der Waals surface area (Å²) in [7, 11) is 0. The van der Waals surface area contributed by atoms with Gasteiger partial charge in [-0.3, -0.25) is 0 Å². The van der Waals surface area contributed by atoms with Gasteiger partial charge >= 0.3 is 0 Å². The summed E-state index contributed by atoms with van der Waals surface area (Å²) in [4.78, 5) is 5.06. The molecule has 0 fully saturated rings. The molecule has 4 heteroatoms. The minimum atomic E-state index is 0.528. The second-order valence-corrected chi connectivity index (χ2v) is 4.94. The molecule has 2 heterocycles. The van der Waals surface area contributed by atoms with E-state index in [2.05, 4.69) is 32.9 Å². The fourth-order valence-electron chi connectivity index (χ4n) is 1.61. The highest BCUT2D eigenvalue weighted by atomic mass is 79.9. The highest BCUT2D eigenvalue weighted by Crippen LogP contribution is 2.14. The van der Waals surface area contributed by atoms with E-state index in [1.807, 2.05) is 18.3 Å². The smallest absolute Gasteiger partial charge is 0.155 e. The maximum Gasteiger partial charge on any atom is 0.155 e. The number of alkyl halides is 1. The highest BCUT2D eigenvalue weighted by Gasteiger charge is 2.06. The molecule has 3 nitrogen and oxygen atoms in total. The zero-order valence-corrected chi connectivity index (χ0v) is 10.3. The first-order chi connectivity index (χ1) is 7.29. The molecule has 0 saturated heterocycles. The third-order valence-electron chi connectivity index (χ3n) is 2.35. The Bertz CT molecular complexity index is 438. The molecule has 15 heavy (non-hydrogen) atoms. The van der Waals surface area contributed by atoms with Gasteiger partial charge in [0.2, 0.25) is 0 Å². The molecule has 0 saturated carbocycles. The minimum absolute atomic E-state index is 0.528. The zero-order valence-electron chi connectivity index (χ0n) is 8.73. The number of nitrogens with zero attached hydrogens (tertiary/aromatic N) is 3. The van der Waals surface area contributed by atoms with Gasteiger partial charge in [0, 0.05) is 29.2 Å². The lowest BCUT2D eigenvalue weighted by Gasteiger charge is -2.07. The van der Waals surface area contributed by atoms with Crippen molar-refractivity contribution < 1.29 is 0 Å². The molecular formula is C11H14BrN3. The topological polar surface area (TPSA) is 30.2 Å². The van der Waals surface area contributed by atoms with E-state index in [4.69, 9.17) is 0 Å². The van der Waals surface area contributed by atoms with Crippen molar-refractivity contribution in [2.24, 2.45) is 0 Å². The Morgan fingerprint density at radius 3 is 3.13 bits per heavy atom. The largest absolute Gasteiger partial charge is 0.234 e. The molecule has 1 atom stereocenters. The van der Waals surface area contributed by atoms with Crippen LogP contribution in [-0.4, -0.2) is 19.4 Å². The van der Waals surface area contributed by atoms with Crippen molar-refractivity contribution in [3.05, 3.63) is 30.2 Å². The van der Waals surface area contributed by atoms with E-state index in [0.29, 0.717) is 4.83 Å². The summed E-state index contributed by atoms with van der Waals surface area (Å²) in [6, 6.07) is 3.95. The fourth-order valence-corrected chi connectivity index (χ4v) is 2.40. The van der Waals surface area contributed by atoms with E-state index in [0.717, 1.165) is 17.8 Å². The number of hydrogen-bond donors (Lipinski definition) is 0. The predicted octanol–water partition coefficient (Wildman–Crippen LogP) is 2.84. The molecule has 0 aliphatic carbocycles. The molecule has 2 rings (SSSR count). The molecule has 0 bridgehead atoms. The Morgan fingerprint density at radius 1 is 1.47 bits per heavy atom. The van der Waals surface area contributed by atoms with Gasteiger partial charge < -0.3 is 0 Å². The van der Waals surface area contributed by atoms with Crippen molar-refractivity contribution in [3.8, 4) is 0 Å². The van der Waals surface area contributed by atoms with Crippen molar-refractivity contribution in [1.29, 1.82) is 0 Å². The van der Waals surface area contributed by atoms with Crippen LogP contribution in [0.4, 0.5) is 0 Å². The Kier molecular flexibility index (Phi) is 3.36. The maximum absolute atomic E-state index is 4.53. The van der Waals surface area contributed by atoms with Crippen LogP contribution < -0.4 is 0 Å². The molecule has 0 N–H and O–H groups in total. The Morgan fingerprint density at radius 2 is 2.33 bits per heavy atom. The van der Waals surface area contributed by atoms with E-state index in [1.165, 1.54) is 12.8 Å². The number of rotatable bonds is 4. The van der Waals surface area contributed by atoms with Gasteiger partial charge in [-0.1, -0.05) is 29.3 Å². The summed E-state index contributed by atoms with van der Waals surface area (Å²) in [5, 5.41) is 4.12. The second kappa shape index (κ2) is 4.75. The normalized spacial score (nSPS) is 13.2. The average Bonchev–Trinajstić information content (AvgIpc) is 2.65. The lowest BCUT2D eigenvalue weighted by molar-refractivity contribution is 0.732. The van der Waals surface area contributed by atoms with Crippen LogP contribution in [0.3, 0.4) is 0 Å². The summed E-state index contributed by atoms with van der Waals surface area (Å²) in [6.07, 6.45) is 7.10. The van der Waals surface area contributed by atoms with E-state index >= 15 is 0 Å². The van der Waals surface area contributed by atoms with Crippen molar-refractivity contribution in [2.45, 2.75) is 31.0 Å². The number of aromatic nitrogens is 3. The monoisotopic (exact) mass is 267 g/mol. The second-order valence-electron chi connectivity index (χ2n) is 3.64. The van der Waals surface area contributed by atoms with Crippen molar-refractivity contribution >= 4 is 21.6 Å². The summed E-state index contributed by atoms with van der Waals surface area (Å²) in [5.74, 6) is 0. The van der Waals surface area contributed by atoms with Crippen molar-refractivity contribution in [3.63, 3.8) is 0 Å². The highest BCUT2D eigenvalue weighted by molar-refractivity contribution is 9.09. The first-order valence-electron chi connectivity index (χ1n) is 5.23. The summed E-state index contributed by atoms with van der Waals surface area (Å²) in [6.45, 7) is 2.20. The summed E-state index contributed by atoms with van der Waals surface area (Å²) < 4.78 is 1.78. The standard InChI is InChI=1S/C11H14BrN3/c1-2-3-9(12)8-10-5-7-15-11(14-10)4-6-13-15/h4-7,9H,2-3,8H2,1H3. The van der Waals surface area contributed by atoms with E-state index < -0.39 is 0 Å². The first kappa shape index (κ1) is 10.6. The van der Waals surface area contributed by atoms with Crippen LogP contribution in [0, 0.1) is 0 Å². The summed E-state index contributed by atoms with van der Waals surface area (Å²) in [5.41, 5.74) is 2.04. The van der Waals surface area contributed by atoms with Gasteiger partial charge in [-0.15, -0.1) is 0 Å². The van der Waals surface area contributed by atoms with Crippen LogP contribution in [0.2, 0.25) is 0 Å². The van der Waals surface area contributed by atoms with Gasteiger partial charge in [-0.05, 0) is 12.5 Å². The molecule has 80 valence electrons. The van der Waals surface area contributed by atoms with Gasteiger partial charge in [0.15, 0.2) is 5.65 Å². The molecule has 0 aromatic carbocycles. The fraction of sp³-hybridized carbons (Fsp3) is 0.455. The molecule has 0 aliphatic rings. The van der Waals surface area contributed by atoms with Crippen LogP contribution in [0.25, 0.3) is 5.65 Å². The van der Waals surface area contributed by atoms with E-state index in [1.54, 1.807) is 10.7 Å². The third-order valence-corrected chi connectivity index (χ3v) is 3.13. The van der Waals surface area contributed by atoms with E-state index in [9.17, 15) is 0 Å². The SMILES string of the molecule is CCCC(Br)Cc1ccn2nccc2n1. The third kappa shape index (κ3) is 2.56. The lowest BCUT2D eigenvalue weighted by atomic mass is 10.1. The number of fused-ring (bicyclic) bond motifs is 1. The molecule has 0 spiro atoms. The molecule has 2 aromatic heterocycles. The van der Waals surface area contributed by atoms with Crippen LogP contribution in [0.5, 0.6) is 0 Å². The lowest BCUT2D eigenvalue weighted by Crippen LogP contribution is -2.04. The van der Waals surface area contributed by atoms with Gasteiger partial charge in [-0.25, -0.2) is 9.50 Å². The van der Waals surface area contributed by atoms with Crippen LogP contribution in [-0.2, 0) is 6.42 Å². The maximum atomic E-state index is 4.53. The quantitative estimate of drug-likeness (QED) is 0.798. The zero-order chi connectivity index (χ0) is 10.7. The van der Waals surface area contributed by atoms with Gasteiger partial charge in [-0.2, -0.15) is 5.10 Å². The predicted molar refractivity (Wildman–Crippen MR) is 64.3 cm³/mol. The molecule has 0 amide bonds. The van der Waals surface area contributed by atoms with Gasteiger partial charge in [0.25, 0.3) is 0 Å². The Balaban J connectivity index is 2.14. The average molecular weight is 268 g/mol. The molecule has 0 radical (unpaired) electrons. The van der Waals surface area contributed by atoms with Crippen LogP contribution in [0.1, 0.15) is 25.5 Å². The number of hydrogen-bond acceptors (Lipinski definition) is 2. The van der Waals surface area contributed by atoms with Crippen LogP contribution in [0.15, 0.2) is 24.5 Å². The molecular weight excluding hydrogens is 254 g/mol. The van der Waals surface area contributed by atoms with Gasteiger partial charge in [0.1, 0.15) is 0 Å².